The number of amides is 2. The molecule has 0 aliphatic rings. The van der Waals surface area contributed by atoms with Crippen LogP contribution in [-0.4, -0.2) is 35.2 Å². The van der Waals surface area contributed by atoms with E-state index in [-0.39, 0.29) is 6.04 Å². The lowest BCUT2D eigenvalue weighted by Crippen LogP contribution is -2.46. The molecular formula is C12H18N2O4S. The van der Waals surface area contributed by atoms with E-state index in [2.05, 4.69) is 10.6 Å². The second-order valence-electron chi connectivity index (χ2n) is 4.03. The fourth-order valence-electron chi connectivity index (χ4n) is 1.50. The fraction of sp³-hybridized carbons (Fsp3) is 0.500. The molecule has 7 heteroatoms. The summed E-state index contributed by atoms with van der Waals surface area (Å²) in [5.74, 6) is 0.256. The first-order valence-corrected chi connectivity index (χ1v) is 7.26. The van der Waals surface area contributed by atoms with E-state index in [0.717, 1.165) is 0 Å². The highest BCUT2D eigenvalue weighted by atomic mass is 32.2. The maximum Gasteiger partial charge on any atom is 0.326 e. The van der Waals surface area contributed by atoms with E-state index in [1.54, 1.807) is 19.1 Å². The van der Waals surface area contributed by atoms with Gasteiger partial charge in [-0.15, -0.1) is 0 Å². The maximum atomic E-state index is 11.7. The number of urea groups is 1. The van der Waals surface area contributed by atoms with Crippen molar-refractivity contribution in [3.8, 4) is 0 Å². The Hall–Kier alpha value is -1.63. The topological polar surface area (TPSA) is 91.6 Å². The summed E-state index contributed by atoms with van der Waals surface area (Å²) in [6.07, 6.45) is 3.79. The molecule has 6 nitrogen and oxygen atoms in total. The molecule has 1 heterocycles. The molecule has 1 rings (SSSR count). The largest absolute Gasteiger partial charge is 0.480 e. The van der Waals surface area contributed by atoms with Gasteiger partial charge in [-0.1, -0.05) is 0 Å². The molecule has 0 spiro atoms. The molecule has 2 atom stereocenters. The number of aliphatic carboxylic acids is 1. The van der Waals surface area contributed by atoms with Crippen molar-refractivity contribution in [3.05, 3.63) is 24.2 Å². The first-order valence-electron chi connectivity index (χ1n) is 5.86. The minimum absolute atomic E-state index is 0.315. The smallest absolute Gasteiger partial charge is 0.326 e. The third-order valence-electron chi connectivity index (χ3n) is 2.53. The predicted octanol–water partition coefficient (Wildman–Crippen LogP) is 1.85. The van der Waals surface area contributed by atoms with Crippen LogP contribution in [0.3, 0.4) is 0 Å². The van der Waals surface area contributed by atoms with Crippen molar-refractivity contribution in [1.29, 1.82) is 0 Å². The lowest BCUT2D eigenvalue weighted by atomic mass is 10.2. The molecule has 1 aromatic rings. The van der Waals surface area contributed by atoms with Crippen molar-refractivity contribution in [2.24, 2.45) is 0 Å². The molecule has 3 N–H and O–H groups in total. The van der Waals surface area contributed by atoms with Gasteiger partial charge in [-0.05, 0) is 37.5 Å². The van der Waals surface area contributed by atoms with E-state index >= 15 is 0 Å². The molecule has 1 aromatic heterocycles. The van der Waals surface area contributed by atoms with Crippen LogP contribution in [0.2, 0.25) is 0 Å². The average Bonchev–Trinajstić information content (AvgIpc) is 2.87. The number of carboxylic acids is 1. The molecule has 0 bridgehead atoms. The highest BCUT2D eigenvalue weighted by Crippen LogP contribution is 2.11. The lowest BCUT2D eigenvalue weighted by molar-refractivity contribution is -0.139. The van der Waals surface area contributed by atoms with E-state index in [0.29, 0.717) is 17.9 Å². The molecule has 0 fully saturated rings. The van der Waals surface area contributed by atoms with Crippen LogP contribution in [0.1, 0.15) is 25.1 Å². The number of thioether (sulfide) groups is 1. The highest BCUT2D eigenvalue weighted by molar-refractivity contribution is 7.98. The second kappa shape index (κ2) is 7.73. The van der Waals surface area contributed by atoms with Crippen LogP contribution >= 0.6 is 11.8 Å². The molecular weight excluding hydrogens is 268 g/mol. The second-order valence-corrected chi connectivity index (χ2v) is 5.01. The molecule has 0 aliphatic carbocycles. The summed E-state index contributed by atoms with van der Waals surface area (Å²) in [6, 6.07) is 1.76. The van der Waals surface area contributed by atoms with Crippen molar-refractivity contribution >= 4 is 23.8 Å². The van der Waals surface area contributed by atoms with E-state index in [4.69, 9.17) is 9.52 Å². The molecule has 2 amide bonds. The third kappa shape index (κ3) is 5.25. The van der Waals surface area contributed by atoms with E-state index in [1.165, 1.54) is 18.0 Å². The van der Waals surface area contributed by atoms with E-state index in [9.17, 15) is 9.59 Å². The Morgan fingerprint density at radius 3 is 2.74 bits per heavy atom. The number of rotatable bonds is 7. The Bertz CT molecular complexity index is 408. The average molecular weight is 286 g/mol. The summed E-state index contributed by atoms with van der Waals surface area (Å²) in [5.41, 5.74) is 0. The molecule has 0 radical (unpaired) electrons. The number of carbonyl (C=O) groups is 2. The zero-order valence-corrected chi connectivity index (χ0v) is 11.7. The van der Waals surface area contributed by atoms with Crippen molar-refractivity contribution < 1.29 is 19.1 Å². The van der Waals surface area contributed by atoms with Crippen LogP contribution in [0.5, 0.6) is 0 Å². The van der Waals surface area contributed by atoms with Crippen LogP contribution < -0.4 is 10.6 Å². The normalized spacial score (nSPS) is 13.6. The minimum atomic E-state index is -1.03. The first kappa shape index (κ1) is 15.4. The summed E-state index contributed by atoms with van der Waals surface area (Å²) < 4.78 is 5.15. The Morgan fingerprint density at radius 1 is 1.47 bits per heavy atom. The Balaban J connectivity index is 2.46. The van der Waals surface area contributed by atoms with Crippen LogP contribution in [0.15, 0.2) is 22.8 Å². The van der Waals surface area contributed by atoms with Crippen LogP contribution in [0.4, 0.5) is 4.79 Å². The predicted molar refractivity (Wildman–Crippen MR) is 73.2 cm³/mol. The SMILES string of the molecule is CSCC[C@H](NC(=O)NC(C)c1ccco1)C(=O)O. The van der Waals surface area contributed by atoms with Gasteiger partial charge in [0.25, 0.3) is 0 Å². The van der Waals surface area contributed by atoms with Gasteiger partial charge in [0.1, 0.15) is 11.8 Å². The molecule has 19 heavy (non-hydrogen) atoms. The molecule has 0 aliphatic heterocycles. The molecule has 0 saturated carbocycles. The number of carbonyl (C=O) groups excluding carboxylic acids is 1. The third-order valence-corrected chi connectivity index (χ3v) is 3.18. The quantitative estimate of drug-likeness (QED) is 0.711. The van der Waals surface area contributed by atoms with Gasteiger partial charge in [0.05, 0.1) is 12.3 Å². The van der Waals surface area contributed by atoms with E-state index < -0.39 is 18.0 Å². The lowest BCUT2D eigenvalue weighted by Gasteiger charge is -2.17. The summed E-state index contributed by atoms with van der Waals surface area (Å²) in [5, 5.41) is 14.1. The van der Waals surface area contributed by atoms with Crippen molar-refractivity contribution in [3.63, 3.8) is 0 Å². The zero-order valence-electron chi connectivity index (χ0n) is 10.9. The van der Waals surface area contributed by atoms with Gasteiger partial charge in [0.2, 0.25) is 0 Å². The van der Waals surface area contributed by atoms with E-state index in [1.807, 2.05) is 6.26 Å². The monoisotopic (exact) mass is 286 g/mol. The highest BCUT2D eigenvalue weighted by Gasteiger charge is 2.20. The number of furan rings is 1. The van der Waals surface area contributed by atoms with Crippen molar-refractivity contribution in [2.75, 3.05) is 12.0 Å². The molecule has 0 aromatic carbocycles. The summed E-state index contributed by atoms with van der Waals surface area (Å²) >= 11 is 1.54. The fourth-order valence-corrected chi connectivity index (χ4v) is 1.97. The Labute approximate surface area is 115 Å². The van der Waals surface area contributed by atoms with Crippen molar-refractivity contribution in [2.45, 2.75) is 25.4 Å². The zero-order chi connectivity index (χ0) is 14.3. The number of hydrogen-bond donors (Lipinski definition) is 3. The van der Waals surface area contributed by atoms with Gasteiger partial charge in [-0.3, -0.25) is 0 Å². The molecule has 0 saturated heterocycles. The van der Waals surface area contributed by atoms with Gasteiger partial charge in [0.15, 0.2) is 0 Å². The van der Waals surface area contributed by atoms with Gasteiger partial charge >= 0.3 is 12.0 Å². The Kier molecular flexibility index (Phi) is 6.27. The summed E-state index contributed by atoms with van der Waals surface area (Å²) in [7, 11) is 0. The number of nitrogens with one attached hydrogen (secondary N) is 2. The molecule has 106 valence electrons. The Morgan fingerprint density at radius 2 is 2.21 bits per heavy atom. The standard InChI is InChI=1S/C12H18N2O4S/c1-8(10-4-3-6-18-10)13-12(17)14-9(11(15)16)5-7-19-2/h3-4,6,8-9H,5,7H2,1-2H3,(H,15,16)(H2,13,14,17)/t8?,9-/m0/s1. The van der Waals surface area contributed by atoms with Crippen LogP contribution in [0, 0.1) is 0 Å². The first-order chi connectivity index (χ1) is 9.04. The number of carboxylic acid groups (broad SMARTS) is 1. The maximum absolute atomic E-state index is 11.7. The van der Waals surface area contributed by atoms with Gasteiger partial charge in [0, 0.05) is 0 Å². The summed E-state index contributed by atoms with van der Waals surface area (Å²) in [6.45, 7) is 1.76. The minimum Gasteiger partial charge on any atom is -0.480 e. The number of hydrogen-bond acceptors (Lipinski definition) is 4. The van der Waals surface area contributed by atoms with Crippen LogP contribution in [-0.2, 0) is 4.79 Å². The van der Waals surface area contributed by atoms with Gasteiger partial charge in [-0.25, -0.2) is 9.59 Å². The molecule has 1 unspecified atom stereocenters. The van der Waals surface area contributed by atoms with Gasteiger partial charge in [-0.2, -0.15) is 11.8 Å². The summed E-state index contributed by atoms with van der Waals surface area (Å²) in [4.78, 5) is 22.7. The van der Waals surface area contributed by atoms with Crippen molar-refractivity contribution in [1.82, 2.24) is 10.6 Å². The van der Waals surface area contributed by atoms with Crippen LogP contribution in [0.25, 0.3) is 0 Å². The van der Waals surface area contributed by atoms with Gasteiger partial charge < -0.3 is 20.2 Å².